The molecule has 0 unspecified atom stereocenters. The lowest BCUT2D eigenvalue weighted by atomic mass is 9.70. The van der Waals surface area contributed by atoms with Crippen LogP contribution in [-0.4, -0.2) is 65.0 Å². The summed E-state index contributed by atoms with van der Waals surface area (Å²) in [7, 11) is 0. The van der Waals surface area contributed by atoms with Gasteiger partial charge in [-0.05, 0) is 149 Å². The van der Waals surface area contributed by atoms with Gasteiger partial charge >= 0.3 is 6.15 Å². The van der Waals surface area contributed by atoms with Crippen LogP contribution in [0.15, 0.2) is 41.8 Å². The van der Waals surface area contributed by atoms with Gasteiger partial charge in [-0.3, -0.25) is 14.6 Å². The van der Waals surface area contributed by atoms with Crippen molar-refractivity contribution in [3.8, 4) is 0 Å². The van der Waals surface area contributed by atoms with E-state index in [1.807, 2.05) is 35.7 Å². The molecule has 11 heteroatoms. The van der Waals surface area contributed by atoms with Gasteiger partial charge in [0.1, 0.15) is 11.6 Å². The van der Waals surface area contributed by atoms with Gasteiger partial charge in [0.25, 0.3) is 0 Å². The largest absolute Gasteiger partial charge is 0.373 e. The number of fused-ring (bicyclic) bond motifs is 6. The zero-order valence-electron chi connectivity index (χ0n) is 28.7. The maximum Gasteiger partial charge on any atom is 0.373 e. The molecule has 0 radical (unpaired) electrons. The zero-order chi connectivity index (χ0) is 34.5. The van der Waals surface area contributed by atoms with Crippen molar-refractivity contribution in [2.75, 3.05) is 26.2 Å². The van der Waals surface area contributed by atoms with E-state index in [2.05, 4.69) is 9.80 Å². The summed E-state index contributed by atoms with van der Waals surface area (Å²) in [5.74, 6) is 2.08. The Morgan fingerprint density at radius 1 is 0.820 bits per heavy atom. The van der Waals surface area contributed by atoms with E-state index in [9.17, 15) is 13.6 Å². The lowest BCUT2D eigenvalue weighted by molar-refractivity contribution is -0.191. The van der Waals surface area contributed by atoms with Gasteiger partial charge in [-0.1, -0.05) is 24.3 Å². The van der Waals surface area contributed by atoms with Crippen LogP contribution in [0.4, 0.5) is 8.78 Å². The second kappa shape index (κ2) is 14.8. The zero-order valence-corrected chi connectivity index (χ0v) is 31.2. The van der Waals surface area contributed by atoms with Gasteiger partial charge in [0.05, 0.1) is 14.3 Å². The van der Waals surface area contributed by atoms with Crippen molar-refractivity contribution in [2.45, 2.75) is 88.8 Å². The third kappa shape index (κ3) is 6.73. The van der Waals surface area contributed by atoms with E-state index in [1.54, 1.807) is 19.9 Å². The summed E-state index contributed by atoms with van der Waals surface area (Å²) in [5, 5.41) is 3.77. The standard InChI is InChI=1S/C20H22FNOS.C9H7FS.C9H16N2.CO2.ClH/c1-12-2-3-14-10-17(24-19(14)18(12)21)16(23)11-15-13-4-8-22(9-5-13)20(15)6-7-20;1-6-2-3-7-4-5-11-9(7)8(6)10;10-8-7-1-5-11(6-2-7)9(8)3-4-9;2-1-3;/h2-3,10,13,15H,4-9,11H2,1H3;2-5H,1H3;7-8H,1-6,10H2;;1H/t15-;;8-;;/m1.1../s1. The molecule has 8 heterocycles. The lowest BCUT2D eigenvalue weighted by Crippen LogP contribution is -2.63. The van der Waals surface area contributed by atoms with E-state index in [0.29, 0.717) is 39.7 Å². The Bertz CT molecular complexity index is 1880. The van der Waals surface area contributed by atoms with Crippen LogP contribution < -0.4 is 5.73 Å². The smallest absolute Gasteiger partial charge is 0.326 e. The summed E-state index contributed by atoms with van der Waals surface area (Å²) in [6.45, 7) is 8.68. The highest BCUT2D eigenvalue weighted by atomic mass is 35.5. The number of hydrogen-bond acceptors (Lipinski definition) is 8. The molecule has 2 saturated carbocycles. The molecule has 2 spiro atoms. The number of carbonyl (C=O) groups excluding carboxylic acids is 3. The highest BCUT2D eigenvalue weighted by Gasteiger charge is 2.60. The number of thiophene rings is 2. The molecule has 2 atom stereocenters. The molecular weight excluding hydrogens is 696 g/mol. The quantitative estimate of drug-likeness (QED) is 0.212. The fourth-order valence-electron chi connectivity index (χ4n) is 9.42. The number of carbonyl (C=O) groups is 1. The van der Waals surface area contributed by atoms with E-state index in [1.165, 1.54) is 100 Å². The first-order chi connectivity index (χ1) is 23.6. The third-order valence-electron chi connectivity index (χ3n) is 12.5. The van der Waals surface area contributed by atoms with E-state index in [-0.39, 0.29) is 36.0 Å². The number of halogens is 3. The predicted octanol–water partition coefficient (Wildman–Crippen LogP) is 8.56. The van der Waals surface area contributed by atoms with Crippen LogP contribution in [0.25, 0.3) is 20.2 Å². The first-order valence-corrected chi connectivity index (χ1v) is 19.4. The molecule has 2 aromatic heterocycles. The molecule has 2 aromatic carbocycles. The van der Waals surface area contributed by atoms with Crippen molar-refractivity contribution in [2.24, 2.45) is 23.5 Å². The number of nitrogens with two attached hydrogens (primary N) is 1. The van der Waals surface area contributed by atoms with Gasteiger partial charge in [0.15, 0.2) is 5.78 Å². The lowest BCUT2D eigenvalue weighted by Gasteiger charge is -2.52. The minimum Gasteiger partial charge on any atom is -0.326 e. The molecule has 2 N–H and O–H groups in total. The van der Waals surface area contributed by atoms with Crippen LogP contribution in [0.1, 0.15) is 78.6 Å². The molecule has 4 aromatic rings. The van der Waals surface area contributed by atoms with E-state index in [0.717, 1.165) is 37.7 Å². The summed E-state index contributed by atoms with van der Waals surface area (Å²) in [6.07, 6.45) is 11.4. The van der Waals surface area contributed by atoms with Crippen LogP contribution in [-0.2, 0) is 9.59 Å². The van der Waals surface area contributed by atoms with Crippen molar-refractivity contribution < 1.29 is 23.2 Å². The highest BCUT2D eigenvalue weighted by molar-refractivity contribution is 7.20. The van der Waals surface area contributed by atoms with Gasteiger partial charge in [-0.25, -0.2) is 8.78 Å². The average molecular weight is 742 g/mol. The fourth-order valence-corrected chi connectivity index (χ4v) is 11.4. The van der Waals surface area contributed by atoms with Crippen LogP contribution >= 0.6 is 35.1 Å². The van der Waals surface area contributed by atoms with E-state index < -0.39 is 0 Å². The minimum absolute atomic E-state index is 0. The number of aryl methyl sites for hydroxylation is 2. The molecule has 50 heavy (non-hydrogen) atoms. The Morgan fingerprint density at radius 3 is 1.88 bits per heavy atom. The maximum absolute atomic E-state index is 14.3. The molecule has 2 aliphatic carbocycles. The summed E-state index contributed by atoms with van der Waals surface area (Å²) < 4.78 is 28.9. The number of Topliss-reactive ketones (excluding diaryl/α,β-unsaturated/α-hetero) is 1. The maximum atomic E-state index is 14.3. The summed E-state index contributed by atoms with van der Waals surface area (Å²) in [4.78, 5) is 35.2. The van der Waals surface area contributed by atoms with Gasteiger partial charge in [-0.15, -0.1) is 35.1 Å². The van der Waals surface area contributed by atoms with Gasteiger partial charge in [0, 0.05) is 23.5 Å². The second-order valence-corrected chi connectivity index (χ2v) is 16.9. The predicted molar refractivity (Wildman–Crippen MR) is 198 cm³/mol. The molecule has 8 aliphatic rings. The molecule has 0 amide bonds. The Balaban J connectivity index is 0.000000138. The van der Waals surface area contributed by atoms with Crippen LogP contribution in [0.5, 0.6) is 0 Å². The SMILES string of the molecule is Cc1ccc2cc(C(=O)C[C@@H]3C4CCN(CC4)C34CC4)sc2c1F.Cc1ccc2ccsc2c1F.Cl.N[C@@H]1C2CCN(CC2)C12CC2.O=C=O. The monoisotopic (exact) mass is 741 g/mol. The Labute approximate surface area is 306 Å². The van der Waals surface area contributed by atoms with Crippen LogP contribution in [0.3, 0.4) is 0 Å². The Morgan fingerprint density at radius 2 is 1.34 bits per heavy atom. The normalized spacial score (nSPS) is 28.3. The summed E-state index contributed by atoms with van der Waals surface area (Å²) in [5.41, 5.74) is 8.45. The molecule has 268 valence electrons. The molecule has 6 saturated heterocycles. The van der Waals surface area contributed by atoms with Gasteiger partial charge < -0.3 is 5.73 Å². The van der Waals surface area contributed by atoms with Crippen molar-refractivity contribution in [3.63, 3.8) is 0 Å². The molecule has 4 bridgehead atoms. The van der Waals surface area contributed by atoms with Crippen LogP contribution in [0.2, 0.25) is 0 Å². The third-order valence-corrected chi connectivity index (χ3v) is 14.6. The van der Waals surface area contributed by atoms with Crippen molar-refractivity contribution in [1.29, 1.82) is 0 Å². The minimum atomic E-state index is -0.168. The average Bonchev–Trinajstić information content (AvgIpc) is 3.98. The Kier molecular flexibility index (Phi) is 11.0. The topological polar surface area (TPSA) is 83.7 Å². The number of rotatable bonds is 3. The number of nitrogens with zero attached hydrogens (tertiary/aromatic N) is 2. The molecule has 8 fully saturated rings. The number of piperidine rings is 6. The summed E-state index contributed by atoms with van der Waals surface area (Å²) in [6, 6.07) is 11.8. The first-order valence-electron chi connectivity index (χ1n) is 17.7. The van der Waals surface area contributed by atoms with Crippen molar-refractivity contribution in [3.05, 3.63) is 69.4 Å². The molecular formula is C39H46ClF2N3O3S2. The van der Waals surface area contributed by atoms with Gasteiger partial charge in [0.2, 0.25) is 0 Å². The summed E-state index contributed by atoms with van der Waals surface area (Å²) >= 11 is 2.79. The number of benzene rings is 2. The number of hydrogen-bond donors (Lipinski definition) is 1. The molecule has 6 aliphatic heterocycles. The van der Waals surface area contributed by atoms with Crippen LogP contribution in [0, 0.1) is 43.2 Å². The Hall–Kier alpha value is -2.56. The van der Waals surface area contributed by atoms with Gasteiger partial charge in [-0.2, -0.15) is 9.59 Å². The molecule has 6 nitrogen and oxygen atoms in total. The van der Waals surface area contributed by atoms with Crippen molar-refractivity contribution in [1.82, 2.24) is 9.80 Å². The van der Waals surface area contributed by atoms with E-state index >= 15 is 0 Å². The van der Waals surface area contributed by atoms with E-state index in [4.69, 9.17) is 15.3 Å². The first kappa shape index (κ1) is 37.2. The molecule has 12 rings (SSSR count). The second-order valence-electron chi connectivity index (χ2n) is 15.0. The fraction of sp³-hybridized carbons (Fsp3) is 0.538. The van der Waals surface area contributed by atoms with Crippen molar-refractivity contribution >= 4 is 67.2 Å². The highest BCUT2D eigenvalue weighted by Crippen LogP contribution is 2.59. The number of ketones is 1.